The molecule has 0 aliphatic heterocycles. The fourth-order valence-corrected chi connectivity index (χ4v) is 2.08. The molecule has 1 unspecified atom stereocenters. The van der Waals surface area contributed by atoms with Gasteiger partial charge in [-0.1, -0.05) is 29.8 Å². The first-order valence-corrected chi connectivity index (χ1v) is 5.57. The lowest BCUT2D eigenvalue weighted by atomic mass is 10.1. The van der Waals surface area contributed by atoms with Crippen molar-refractivity contribution in [3.63, 3.8) is 0 Å². The molecule has 16 heavy (non-hydrogen) atoms. The molecule has 84 valence electrons. The number of nitrogens with zero attached hydrogens (tertiary/aromatic N) is 2. The zero-order valence-electron chi connectivity index (χ0n) is 9.31. The fourth-order valence-electron chi connectivity index (χ4n) is 1.78. The number of anilines is 1. The van der Waals surface area contributed by atoms with Gasteiger partial charge in [-0.25, -0.2) is 4.98 Å². The minimum Gasteiger partial charge on any atom is -0.359 e. The highest BCUT2D eigenvalue weighted by Crippen LogP contribution is 2.27. The van der Waals surface area contributed by atoms with Gasteiger partial charge in [0, 0.05) is 24.5 Å². The molecule has 0 saturated heterocycles. The molecule has 1 aromatic carbocycles. The number of imidazole rings is 1. The summed E-state index contributed by atoms with van der Waals surface area (Å²) in [6.07, 6.45) is 3.72. The average Bonchev–Trinajstić information content (AvgIpc) is 2.77. The van der Waals surface area contributed by atoms with Gasteiger partial charge in [-0.3, -0.25) is 0 Å². The summed E-state index contributed by atoms with van der Waals surface area (Å²) in [7, 11) is 1.86. The van der Waals surface area contributed by atoms with Gasteiger partial charge in [0.25, 0.3) is 0 Å². The standard InChI is InChI=1S/C12H14ClN3/c1-9(10-5-3-4-6-11(10)13)16-8-7-15-12(16)14-2/h3-9H,1-2H3,(H,14,15). The number of benzene rings is 1. The highest BCUT2D eigenvalue weighted by Gasteiger charge is 2.13. The van der Waals surface area contributed by atoms with E-state index < -0.39 is 0 Å². The number of halogens is 1. The predicted molar refractivity (Wildman–Crippen MR) is 67.0 cm³/mol. The van der Waals surface area contributed by atoms with Crippen LogP contribution >= 0.6 is 11.6 Å². The van der Waals surface area contributed by atoms with Gasteiger partial charge in [0.1, 0.15) is 0 Å². The van der Waals surface area contributed by atoms with Crippen molar-refractivity contribution in [1.29, 1.82) is 0 Å². The second-order valence-electron chi connectivity index (χ2n) is 3.61. The maximum absolute atomic E-state index is 6.18. The number of hydrogen-bond donors (Lipinski definition) is 1. The van der Waals surface area contributed by atoms with Crippen molar-refractivity contribution in [2.45, 2.75) is 13.0 Å². The lowest BCUT2D eigenvalue weighted by Gasteiger charge is -2.17. The molecule has 3 nitrogen and oxygen atoms in total. The second kappa shape index (κ2) is 4.58. The van der Waals surface area contributed by atoms with Crippen LogP contribution in [0.3, 0.4) is 0 Å². The van der Waals surface area contributed by atoms with Gasteiger partial charge in [0.05, 0.1) is 6.04 Å². The van der Waals surface area contributed by atoms with Crippen LogP contribution in [0.25, 0.3) is 0 Å². The molecule has 0 amide bonds. The quantitative estimate of drug-likeness (QED) is 0.886. The SMILES string of the molecule is CNc1nccn1C(C)c1ccccc1Cl. The number of aromatic nitrogens is 2. The predicted octanol–water partition coefficient (Wildman–Crippen LogP) is 3.19. The number of hydrogen-bond acceptors (Lipinski definition) is 2. The Labute approximate surface area is 100 Å². The van der Waals surface area contributed by atoms with Gasteiger partial charge >= 0.3 is 0 Å². The van der Waals surface area contributed by atoms with Gasteiger partial charge in [0.15, 0.2) is 0 Å². The molecule has 0 aliphatic carbocycles. The van der Waals surface area contributed by atoms with E-state index in [0.29, 0.717) is 0 Å². The first kappa shape index (κ1) is 11.0. The molecule has 0 radical (unpaired) electrons. The molecule has 4 heteroatoms. The summed E-state index contributed by atoms with van der Waals surface area (Å²) in [6.45, 7) is 2.10. The Bertz CT molecular complexity index is 479. The molecule has 1 N–H and O–H groups in total. The normalized spacial score (nSPS) is 12.4. The van der Waals surface area contributed by atoms with E-state index in [4.69, 9.17) is 11.6 Å². The maximum atomic E-state index is 6.18. The van der Waals surface area contributed by atoms with Gasteiger partial charge in [-0.15, -0.1) is 0 Å². The van der Waals surface area contributed by atoms with E-state index in [0.717, 1.165) is 16.5 Å². The summed E-state index contributed by atoms with van der Waals surface area (Å²) >= 11 is 6.18. The third-order valence-electron chi connectivity index (χ3n) is 2.66. The van der Waals surface area contributed by atoms with Gasteiger partial charge < -0.3 is 9.88 Å². The van der Waals surface area contributed by atoms with E-state index in [-0.39, 0.29) is 6.04 Å². The molecule has 0 spiro atoms. The third-order valence-corrected chi connectivity index (χ3v) is 3.01. The Morgan fingerprint density at radius 1 is 1.38 bits per heavy atom. The Morgan fingerprint density at radius 3 is 2.81 bits per heavy atom. The molecular formula is C12H14ClN3. The summed E-state index contributed by atoms with van der Waals surface area (Å²) in [5, 5.41) is 3.84. The number of rotatable bonds is 3. The molecular weight excluding hydrogens is 222 g/mol. The summed E-state index contributed by atoms with van der Waals surface area (Å²) < 4.78 is 2.06. The van der Waals surface area contributed by atoms with E-state index in [1.54, 1.807) is 6.20 Å². The van der Waals surface area contributed by atoms with E-state index in [9.17, 15) is 0 Å². The molecule has 1 aromatic heterocycles. The largest absolute Gasteiger partial charge is 0.359 e. The average molecular weight is 236 g/mol. The van der Waals surface area contributed by atoms with Gasteiger partial charge in [-0.05, 0) is 18.6 Å². The van der Waals surface area contributed by atoms with Crippen LogP contribution in [-0.2, 0) is 0 Å². The van der Waals surface area contributed by atoms with Crippen molar-refractivity contribution in [3.8, 4) is 0 Å². The van der Waals surface area contributed by atoms with Crippen LogP contribution in [0.5, 0.6) is 0 Å². The molecule has 1 heterocycles. The fraction of sp³-hybridized carbons (Fsp3) is 0.250. The van der Waals surface area contributed by atoms with E-state index in [2.05, 4.69) is 21.8 Å². The third kappa shape index (κ3) is 1.91. The summed E-state index contributed by atoms with van der Waals surface area (Å²) in [4.78, 5) is 4.22. The van der Waals surface area contributed by atoms with Crippen LogP contribution in [0, 0.1) is 0 Å². The summed E-state index contributed by atoms with van der Waals surface area (Å²) in [5.74, 6) is 0.840. The van der Waals surface area contributed by atoms with Crippen LogP contribution in [0.1, 0.15) is 18.5 Å². The molecule has 0 fully saturated rings. The van der Waals surface area contributed by atoms with Crippen LogP contribution < -0.4 is 5.32 Å². The monoisotopic (exact) mass is 235 g/mol. The van der Waals surface area contributed by atoms with Crippen LogP contribution in [0.15, 0.2) is 36.7 Å². The first-order chi connectivity index (χ1) is 7.74. The lowest BCUT2D eigenvalue weighted by molar-refractivity contribution is 0.646. The molecule has 2 rings (SSSR count). The molecule has 1 atom stereocenters. The van der Waals surface area contributed by atoms with Crippen molar-refractivity contribution in [3.05, 3.63) is 47.2 Å². The molecule has 0 saturated carbocycles. The highest BCUT2D eigenvalue weighted by molar-refractivity contribution is 6.31. The topological polar surface area (TPSA) is 29.9 Å². The van der Waals surface area contributed by atoms with Gasteiger partial charge in [-0.2, -0.15) is 0 Å². The maximum Gasteiger partial charge on any atom is 0.203 e. The summed E-state index contributed by atoms with van der Waals surface area (Å²) in [5.41, 5.74) is 1.10. The van der Waals surface area contributed by atoms with Crippen molar-refractivity contribution in [2.75, 3.05) is 12.4 Å². The van der Waals surface area contributed by atoms with E-state index in [1.807, 2.05) is 37.5 Å². The van der Waals surface area contributed by atoms with Crippen molar-refractivity contribution in [1.82, 2.24) is 9.55 Å². The zero-order chi connectivity index (χ0) is 11.5. The Balaban J connectivity index is 2.39. The Kier molecular flexibility index (Phi) is 3.15. The second-order valence-corrected chi connectivity index (χ2v) is 4.01. The minimum atomic E-state index is 0.165. The minimum absolute atomic E-state index is 0.165. The Morgan fingerprint density at radius 2 is 2.12 bits per heavy atom. The number of nitrogens with one attached hydrogen (secondary N) is 1. The van der Waals surface area contributed by atoms with Crippen LogP contribution in [0.4, 0.5) is 5.95 Å². The van der Waals surface area contributed by atoms with Crippen molar-refractivity contribution in [2.24, 2.45) is 0 Å². The highest BCUT2D eigenvalue weighted by atomic mass is 35.5. The lowest BCUT2D eigenvalue weighted by Crippen LogP contribution is -2.09. The van der Waals surface area contributed by atoms with Crippen molar-refractivity contribution < 1.29 is 0 Å². The molecule has 2 aromatic rings. The van der Waals surface area contributed by atoms with Crippen LogP contribution in [0.2, 0.25) is 5.02 Å². The zero-order valence-corrected chi connectivity index (χ0v) is 10.1. The van der Waals surface area contributed by atoms with E-state index >= 15 is 0 Å². The van der Waals surface area contributed by atoms with Crippen LogP contribution in [-0.4, -0.2) is 16.6 Å². The van der Waals surface area contributed by atoms with Gasteiger partial charge in [0.2, 0.25) is 5.95 Å². The summed E-state index contributed by atoms with van der Waals surface area (Å²) in [6, 6.07) is 8.04. The van der Waals surface area contributed by atoms with E-state index in [1.165, 1.54) is 0 Å². The molecule has 0 bridgehead atoms. The Hall–Kier alpha value is -1.48. The smallest absolute Gasteiger partial charge is 0.203 e. The first-order valence-electron chi connectivity index (χ1n) is 5.19. The van der Waals surface area contributed by atoms with Crippen molar-refractivity contribution >= 4 is 17.5 Å². The molecule has 0 aliphatic rings.